The van der Waals surface area contributed by atoms with Crippen molar-refractivity contribution >= 4 is 11.6 Å². The predicted molar refractivity (Wildman–Crippen MR) is 92.4 cm³/mol. The minimum atomic E-state index is -0.672. The molecule has 1 amide bonds. The van der Waals surface area contributed by atoms with Gasteiger partial charge in [0.15, 0.2) is 0 Å². The Morgan fingerprint density at radius 3 is 2.38 bits per heavy atom. The number of rotatable bonds is 7. The lowest BCUT2D eigenvalue weighted by molar-refractivity contribution is -0.385. The molecular weight excluding hydrogens is 306 g/mol. The smallest absolute Gasteiger partial charge is 0.274 e. The van der Waals surface area contributed by atoms with Gasteiger partial charge in [-0.3, -0.25) is 19.8 Å². The fourth-order valence-corrected chi connectivity index (χ4v) is 2.48. The molecule has 0 atom stereocenters. The Morgan fingerprint density at radius 2 is 1.83 bits per heavy atom. The molecule has 0 saturated heterocycles. The van der Waals surface area contributed by atoms with E-state index < -0.39 is 10.8 Å². The van der Waals surface area contributed by atoms with E-state index in [9.17, 15) is 14.9 Å². The van der Waals surface area contributed by atoms with E-state index in [1.807, 2.05) is 44.2 Å². The maximum atomic E-state index is 11.3. The van der Waals surface area contributed by atoms with Crippen molar-refractivity contribution in [3.05, 3.63) is 75.3 Å². The first-order valence-corrected chi connectivity index (χ1v) is 7.73. The lowest BCUT2D eigenvalue weighted by Gasteiger charge is -2.26. The Bertz CT molecular complexity index is 730. The van der Waals surface area contributed by atoms with Gasteiger partial charge in [0.25, 0.3) is 5.69 Å². The lowest BCUT2D eigenvalue weighted by Crippen LogP contribution is -2.30. The van der Waals surface area contributed by atoms with Crippen LogP contribution in [-0.4, -0.2) is 21.8 Å². The molecule has 0 aliphatic rings. The van der Waals surface area contributed by atoms with Crippen LogP contribution in [0.4, 0.5) is 5.69 Å². The van der Waals surface area contributed by atoms with Crippen LogP contribution in [0.5, 0.6) is 0 Å². The summed E-state index contributed by atoms with van der Waals surface area (Å²) in [7, 11) is 0. The topological polar surface area (TPSA) is 89.5 Å². The number of nitrogens with two attached hydrogens (primary N) is 1. The first kappa shape index (κ1) is 17.6. The molecule has 0 aliphatic heterocycles. The van der Waals surface area contributed by atoms with Gasteiger partial charge < -0.3 is 5.73 Å². The zero-order valence-corrected chi connectivity index (χ0v) is 13.8. The monoisotopic (exact) mass is 327 g/mol. The highest BCUT2D eigenvalue weighted by molar-refractivity contribution is 5.93. The van der Waals surface area contributed by atoms with Crippen LogP contribution in [0, 0.1) is 10.1 Å². The third-order valence-corrected chi connectivity index (χ3v) is 3.90. The van der Waals surface area contributed by atoms with Crippen molar-refractivity contribution in [2.45, 2.75) is 33.0 Å². The Kier molecular flexibility index (Phi) is 5.65. The summed E-state index contributed by atoms with van der Waals surface area (Å²) in [5, 5.41) is 11.3. The molecule has 2 aromatic carbocycles. The zero-order valence-electron chi connectivity index (χ0n) is 13.8. The van der Waals surface area contributed by atoms with Crippen molar-refractivity contribution in [2.75, 3.05) is 0 Å². The van der Waals surface area contributed by atoms with Gasteiger partial charge in [0.1, 0.15) is 0 Å². The Balaban J connectivity index is 2.29. The fraction of sp³-hybridized carbons (Fsp3) is 0.278. The summed E-state index contributed by atoms with van der Waals surface area (Å²) in [4.78, 5) is 24.3. The minimum Gasteiger partial charge on any atom is -0.366 e. The van der Waals surface area contributed by atoms with Gasteiger partial charge in [-0.15, -0.1) is 0 Å². The predicted octanol–water partition coefficient (Wildman–Crippen LogP) is 3.10. The molecule has 0 aromatic heterocycles. The molecule has 126 valence electrons. The maximum absolute atomic E-state index is 11.3. The average molecular weight is 327 g/mol. The van der Waals surface area contributed by atoms with Gasteiger partial charge in [-0.05, 0) is 25.5 Å². The van der Waals surface area contributed by atoms with Crippen molar-refractivity contribution in [3.63, 3.8) is 0 Å². The molecule has 0 bridgehead atoms. The molecule has 0 radical (unpaired) electrons. The van der Waals surface area contributed by atoms with Gasteiger partial charge in [0, 0.05) is 36.3 Å². The molecule has 6 heteroatoms. The Morgan fingerprint density at radius 1 is 1.17 bits per heavy atom. The molecule has 0 spiro atoms. The Hall–Kier alpha value is -2.73. The summed E-state index contributed by atoms with van der Waals surface area (Å²) in [6.07, 6.45) is 0. The highest BCUT2D eigenvalue weighted by Crippen LogP contribution is 2.23. The highest BCUT2D eigenvalue weighted by atomic mass is 16.6. The van der Waals surface area contributed by atoms with Crippen LogP contribution in [0.1, 0.15) is 35.3 Å². The van der Waals surface area contributed by atoms with Crippen LogP contribution in [0.2, 0.25) is 0 Å². The highest BCUT2D eigenvalue weighted by Gasteiger charge is 2.20. The number of carbonyl (C=O) groups excluding carboxylic acids is 1. The standard InChI is InChI=1S/C18H21N3O3/c1-13(2)20(11-14-6-4-3-5-7-14)12-16-9-8-15(18(19)22)10-17(16)21(23)24/h3-10,13H,11-12H2,1-2H3,(H2,19,22). The molecule has 2 N–H and O–H groups in total. The van der Waals surface area contributed by atoms with Gasteiger partial charge in [-0.25, -0.2) is 0 Å². The van der Waals surface area contributed by atoms with Crippen LogP contribution in [0.25, 0.3) is 0 Å². The van der Waals surface area contributed by atoms with E-state index in [0.29, 0.717) is 18.7 Å². The van der Waals surface area contributed by atoms with Gasteiger partial charge in [0.05, 0.1) is 4.92 Å². The quantitative estimate of drug-likeness (QED) is 0.625. The van der Waals surface area contributed by atoms with E-state index in [2.05, 4.69) is 4.90 Å². The van der Waals surface area contributed by atoms with Crippen LogP contribution < -0.4 is 5.73 Å². The molecule has 6 nitrogen and oxygen atoms in total. The van der Waals surface area contributed by atoms with Crippen LogP contribution >= 0.6 is 0 Å². The average Bonchev–Trinajstić information content (AvgIpc) is 2.55. The van der Waals surface area contributed by atoms with Crippen LogP contribution in [0.3, 0.4) is 0 Å². The number of hydrogen-bond acceptors (Lipinski definition) is 4. The van der Waals surface area contributed by atoms with Crippen molar-refractivity contribution in [3.8, 4) is 0 Å². The second-order valence-corrected chi connectivity index (χ2v) is 5.95. The summed E-state index contributed by atoms with van der Waals surface area (Å²) in [5.41, 5.74) is 6.98. The van der Waals surface area contributed by atoms with Crippen LogP contribution in [-0.2, 0) is 13.1 Å². The van der Waals surface area contributed by atoms with E-state index in [1.165, 1.54) is 12.1 Å². The summed E-state index contributed by atoms with van der Waals surface area (Å²) < 4.78 is 0. The number of carbonyl (C=O) groups is 1. The summed E-state index contributed by atoms with van der Waals surface area (Å²) in [5.74, 6) is -0.672. The third-order valence-electron chi connectivity index (χ3n) is 3.90. The number of primary amides is 1. The summed E-state index contributed by atoms with van der Waals surface area (Å²) in [6.45, 7) is 5.20. The minimum absolute atomic E-state index is 0.0787. The number of nitrogens with zero attached hydrogens (tertiary/aromatic N) is 2. The van der Waals surface area contributed by atoms with E-state index in [4.69, 9.17) is 5.73 Å². The largest absolute Gasteiger partial charge is 0.366 e. The van der Waals surface area contributed by atoms with E-state index in [0.717, 1.165) is 5.56 Å². The van der Waals surface area contributed by atoms with E-state index in [1.54, 1.807) is 6.07 Å². The first-order chi connectivity index (χ1) is 11.4. The molecule has 0 saturated carbocycles. The molecule has 24 heavy (non-hydrogen) atoms. The summed E-state index contributed by atoms with van der Waals surface area (Å²) >= 11 is 0. The van der Waals surface area contributed by atoms with Gasteiger partial charge in [-0.2, -0.15) is 0 Å². The molecule has 0 heterocycles. The molecule has 2 aromatic rings. The normalized spacial score (nSPS) is 11.0. The zero-order chi connectivity index (χ0) is 17.7. The first-order valence-electron chi connectivity index (χ1n) is 7.73. The van der Waals surface area contributed by atoms with Crippen molar-refractivity contribution in [2.24, 2.45) is 5.73 Å². The molecule has 0 aliphatic carbocycles. The van der Waals surface area contributed by atoms with Gasteiger partial charge >= 0.3 is 0 Å². The van der Waals surface area contributed by atoms with Crippen molar-refractivity contribution in [1.29, 1.82) is 0 Å². The molecule has 2 rings (SSSR count). The molecule has 0 unspecified atom stereocenters. The maximum Gasteiger partial charge on any atom is 0.274 e. The van der Waals surface area contributed by atoms with Crippen molar-refractivity contribution < 1.29 is 9.72 Å². The Labute approximate surface area is 141 Å². The second kappa shape index (κ2) is 7.70. The summed E-state index contributed by atoms with van der Waals surface area (Å²) in [6, 6.07) is 14.6. The number of benzene rings is 2. The molecule has 0 fully saturated rings. The van der Waals surface area contributed by atoms with E-state index in [-0.39, 0.29) is 17.3 Å². The van der Waals surface area contributed by atoms with Gasteiger partial charge in [0.2, 0.25) is 5.91 Å². The number of nitro benzene ring substituents is 1. The number of hydrogen-bond donors (Lipinski definition) is 1. The van der Waals surface area contributed by atoms with E-state index >= 15 is 0 Å². The van der Waals surface area contributed by atoms with Crippen LogP contribution in [0.15, 0.2) is 48.5 Å². The van der Waals surface area contributed by atoms with Crippen molar-refractivity contribution in [1.82, 2.24) is 4.90 Å². The number of nitro groups is 1. The SMILES string of the molecule is CC(C)N(Cc1ccccc1)Cc1ccc(C(N)=O)cc1[N+](=O)[O-]. The molecular formula is C18H21N3O3. The third kappa shape index (κ3) is 4.39. The van der Waals surface area contributed by atoms with Gasteiger partial charge in [-0.1, -0.05) is 36.4 Å². The lowest BCUT2D eigenvalue weighted by atomic mass is 10.1. The fourth-order valence-electron chi connectivity index (χ4n) is 2.48. The second-order valence-electron chi connectivity index (χ2n) is 5.95. The number of amides is 1.